The zero-order chi connectivity index (χ0) is 15.2. The summed E-state index contributed by atoms with van der Waals surface area (Å²) in [6.07, 6.45) is 1.40. The first-order chi connectivity index (χ1) is 10.1. The molecule has 2 aromatic rings. The Bertz CT molecular complexity index is 629. The van der Waals surface area contributed by atoms with Gasteiger partial charge in [-0.15, -0.1) is 0 Å². The molecule has 0 spiro atoms. The van der Waals surface area contributed by atoms with Gasteiger partial charge in [-0.3, -0.25) is 4.79 Å². The SMILES string of the molecule is COCc1ccc(CNc2ncc(C(N)=O)cc2Cl)cc1. The summed E-state index contributed by atoms with van der Waals surface area (Å²) in [5, 5.41) is 3.48. The third-order valence-corrected chi connectivity index (χ3v) is 3.21. The summed E-state index contributed by atoms with van der Waals surface area (Å²) in [4.78, 5) is 15.1. The number of hydrogen-bond donors (Lipinski definition) is 2. The van der Waals surface area contributed by atoms with Gasteiger partial charge in [0.15, 0.2) is 0 Å². The van der Waals surface area contributed by atoms with Gasteiger partial charge in [-0.25, -0.2) is 4.98 Å². The van der Waals surface area contributed by atoms with Crippen LogP contribution in [0.2, 0.25) is 5.02 Å². The molecule has 0 radical (unpaired) electrons. The summed E-state index contributed by atoms with van der Waals surface area (Å²) in [5.74, 6) is -0.0349. The van der Waals surface area contributed by atoms with Crippen molar-refractivity contribution in [1.29, 1.82) is 0 Å². The van der Waals surface area contributed by atoms with Gasteiger partial charge in [-0.2, -0.15) is 0 Å². The standard InChI is InChI=1S/C15H16ClN3O2/c1-21-9-11-4-2-10(3-5-11)7-18-15-13(16)6-12(8-19-15)14(17)20/h2-6,8H,7,9H2,1H3,(H2,17,20)(H,18,19). The number of rotatable bonds is 6. The van der Waals surface area contributed by atoms with E-state index in [2.05, 4.69) is 10.3 Å². The van der Waals surface area contributed by atoms with Gasteiger partial charge in [0.1, 0.15) is 5.82 Å². The van der Waals surface area contributed by atoms with E-state index in [9.17, 15) is 4.79 Å². The number of pyridine rings is 1. The largest absolute Gasteiger partial charge is 0.380 e. The summed E-state index contributed by atoms with van der Waals surface area (Å²) < 4.78 is 5.06. The van der Waals surface area contributed by atoms with Gasteiger partial charge in [-0.1, -0.05) is 35.9 Å². The second kappa shape index (κ2) is 7.06. The van der Waals surface area contributed by atoms with Crippen LogP contribution in [-0.2, 0) is 17.9 Å². The molecule has 0 fully saturated rings. The van der Waals surface area contributed by atoms with Crippen LogP contribution >= 0.6 is 11.6 Å². The number of ether oxygens (including phenoxy) is 1. The Morgan fingerprint density at radius 1 is 1.33 bits per heavy atom. The molecule has 1 amide bonds. The predicted molar refractivity (Wildman–Crippen MR) is 82.2 cm³/mol. The molecule has 1 heterocycles. The van der Waals surface area contributed by atoms with Gasteiger partial charge >= 0.3 is 0 Å². The Hall–Kier alpha value is -2.11. The number of hydrogen-bond acceptors (Lipinski definition) is 4. The van der Waals surface area contributed by atoms with E-state index in [-0.39, 0.29) is 5.56 Å². The van der Waals surface area contributed by atoms with E-state index >= 15 is 0 Å². The molecule has 110 valence electrons. The van der Waals surface area contributed by atoms with Crippen molar-refractivity contribution in [3.63, 3.8) is 0 Å². The number of methoxy groups -OCH3 is 1. The molecule has 1 aromatic heterocycles. The quantitative estimate of drug-likeness (QED) is 0.860. The number of nitrogens with one attached hydrogen (secondary N) is 1. The average Bonchev–Trinajstić information content (AvgIpc) is 2.47. The summed E-state index contributed by atoms with van der Waals surface area (Å²) in [6, 6.07) is 9.53. The summed E-state index contributed by atoms with van der Waals surface area (Å²) in [5.41, 5.74) is 7.66. The fraction of sp³-hybridized carbons (Fsp3) is 0.200. The molecule has 0 aliphatic rings. The van der Waals surface area contributed by atoms with E-state index < -0.39 is 5.91 Å². The Kier molecular flexibility index (Phi) is 5.14. The maximum absolute atomic E-state index is 11.0. The van der Waals surface area contributed by atoms with Crippen molar-refractivity contribution in [2.24, 2.45) is 5.73 Å². The molecule has 3 N–H and O–H groups in total. The van der Waals surface area contributed by atoms with E-state index in [1.165, 1.54) is 12.3 Å². The van der Waals surface area contributed by atoms with Crippen LogP contribution in [-0.4, -0.2) is 18.0 Å². The molecular weight excluding hydrogens is 290 g/mol. The van der Waals surface area contributed by atoms with Crippen molar-refractivity contribution in [3.8, 4) is 0 Å². The molecule has 0 atom stereocenters. The van der Waals surface area contributed by atoms with Crippen LogP contribution in [0.4, 0.5) is 5.82 Å². The summed E-state index contributed by atoms with van der Waals surface area (Å²) in [7, 11) is 1.67. The number of nitrogens with zero attached hydrogens (tertiary/aromatic N) is 1. The van der Waals surface area contributed by atoms with Gasteiger partial charge in [0.05, 0.1) is 17.2 Å². The van der Waals surface area contributed by atoms with Gasteiger partial charge in [0.25, 0.3) is 0 Å². The topological polar surface area (TPSA) is 77.2 Å². The van der Waals surface area contributed by atoms with Crippen LogP contribution in [0.15, 0.2) is 36.5 Å². The lowest BCUT2D eigenvalue weighted by molar-refractivity contribution is 0.1000. The van der Waals surface area contributed by atoms with Crippen LogP contribution in [0, 0.1) is 0 Å². The third-order valence-electron chi connectivity index (χ3n) is 2.92. The third kappa shape index (κ3) is 4.18. The maximum Gasteiger partial charge on any atom is 0.250 e. The minimum atomic E-state index is -0.551. The second-order valence-corrected chi connectivity index (χ2v) is 4.93. The number of carbonyl (C=O) groups excluding carboxylic acids is 1. The Morgan fingerprint density at radius 2 is 2.00 bits per heavy atom. The zero-order valence-electron chi connectivity index (χ0n) is 11.6. The molecule has 21 heavy (non-hydrogen) atoms. The predicted octanol–water partition coefficient (Wildman–Crippen LogP) is 2.59. The second-order valence-electron chi connectivity index (χ2n) is 4.52. The molecule has 2 rings (SSSR count). The molecule has 0 saturated carbocycles. The summed E-state index contributed by atoms with van der Waals surface area (Å²) >= 11 is 6.06. The fourth-order valence-electron chi connectivity index (χ4n) is 1.81. The van der Waals surface area contributed by atoms with Crippen molar-refractivity contribution in [2.75, 3.05) is 12.4 Å². The fourth-order valence-corrected chi connectivity index (χ4v) is 2.04. The normalized spacial score (nSPS) is 10.4. The van der Waals surface area contributed by atoms with Gasteiger partial charge < -0.3 is 15.8 Å². The van der Waals surface area contributed by atoms with Gasteiger partial charge in [0, 0.05) is 19.9 Å². The lowest BCUT2D eigenvalue weighted by Gasteiger charge is -2.09. The van der Waals surface area contributed by atoms with Crippen molar-refractivity contribution < 1.29 is 9.53 Å². The molecule has 1 aromatic carbocycles. The minimum absolute atomic E-state index is 0.287. The van der Waals surface area contributed by atoms with E-state index in [0.717, 1.165) is 11.1 Å². The number of halogens is 1. The van der Waals surface area contributed by atoms with Crippen molar-refractivity contribution in [2.45, 2.75) is 13.2 Å². The van der Waals surface area contributed by atoms with E-state index in [0.29, 0.717) is 24.0 Å². The van der Waals surface area contributed by atoms with Gasteiger partial charge in [0.2, 0.25) is 5.91 Å². The van der Waals surface area contributed by atoms with Crippen molar-refractivity contribution in [1.82, 2.24) is 4.98 Å². The Balaban J connectivity index is 2.01. The monoisotopic (exact) mass is 305 g/mol. The highest BCUT2D eigenvalue weighted by Crippen LogP contribution is 2.20. The molecule has 6 heteroatoms. The van der Waals surface area contributed by atoms with Crippen LogP contribution < -0.4 is 11.1 Å². The van der Waals surface area contributed by atoms with E-state index in [4.69, 9.17) is 22.1 Å². The number of primary amides is 1. The minimum Gasteiger partial charge on any atom is -0.380 e. The van der Waals surface area contributed by atoms with E-state index in [1.807, 2.05) is 24.3 Å². The van der Waals surface area contributed by atoms with Crippen molar-refractivity contribution >= 4 is 23.3 Å². The maximum atomic E-state index is 11.0. The smallest absolute Gasteiger partial charge is 0.250 e. The first kappa shape index (κ1) is 15.3. The number of aromatic nitrogens is 1. The lowest BCUT2D eigenvalue weighted by Crippen LogP contribution is -2.12. The summed E-state index contributed by atoms with van der Waals surface area (Å²) in [6.45, 7) is 1.17. The number of nitrogens with two attached hydrogens (primary N) is 1. The highest BCUT2D eigenvalue weighted by molar-refractivity contribution is 6.33. The molecule has 0 unspecified atom stereocenters. The molecule has 0 aliphatic carbocycles. The van der Waals surface area contributed by atoms with Crippen LogP contribution in [0.1, 0.15) is 21.5 Å². The van der Waals surface area contributed by atoms with Gasteiger partial charge in [-0.05, 0) is 17.2 Å². The highest BCUT2D eigenvalue weighted by atomic mass is 35.5. The first-order valence-electron chi connectivity index (χ1n) is 6.36. The molecule has 0 aliphatic heterocycles. The van der Waals surface area contributed by atoms with Crippen LogP contribution in [0.25, 0.3) is 0 Å². The van der Waals surface area contributed by atoms with Crippen molar-refractivity contribution in [3.05, 3.63) is 58.2 Å². The Labute approximate surface area is 128 Å². The lowest BCUT2D eigenvalue weighted by atomic mass is 10.1. The number of benzene rings is 1. The van der Waals surface area contributed by atoms with Crippen LogP contribution in [0.3, 0.4) is 0 Å². The molecule has 0 saturated heterocycles. The number of amides is 1. The average molecular weight is 306 g/mol. The molecule has 5 nitrogen and oxygen atoms in total. The molecule has 0 bridgehead atoms. The van der Waals surface area contributed by atoms with Crippen LogP contribution in [0.5, 0.6) is 0 Å². The van der Waals surface area contributed by atoms with E-state index in [1.54, 1.807) is 7.11 Å². The molecular formula is C15H16ClN3O2. The first-order valence-corrected chi connectivity index (χ1v) is 6.74. The number of carbonyl (C=O) groups is 1. The zero-order valence-corrected chi connectivity index (χ0v) is 12.4. The highest BCUT2D eigenvalue weighted by Gasteiger charge is 2.07. The Morgan fingerprint density at radius 3 is 2.57 bits per heavy atom. The number of anilines is 1.